The lowest BCUT2D eigenvalue weighted by molar-refractivity contribution is 0.117. The molecular formula is C10H17N5O. The van der Waals surface area contributed by atoms with E-state index in [2.05, 4.69) is 29.1 Å². The van der Waals surface area contributed by atoms with Crippen LogP contribution < -0.4 is 22.3 Å². The molecule has 6 N–H and O–H groups in total. The van der Waals surface area contributed by atoms with E-state index in [4.69, 9.17) is 11.5 Å². The Morgan fingerprint density at radius 2 is 2.31 bits per heavy atom. The van der Waals surface area contributed by atoms with E-state index >= 15 is 0 Å². The first-order valence-electron chi connectivity index (χ1n) is 5.28. The lowest BCUT2D eigenvalue weighted by atomic mass is 9.63. The summed E-state index contributed by atoms with van der Waals surface area (Å²) in [7, 11) is 0. The molecule has 2 atom stereocenters. The van der Waals surface area contributed by atoms with E-state index in [9.17, 15) is 4.79 Å². The molecule has 0 aliphatic heterocycles. The molecule has 2 unspecified atom stereocenters. The summed E-state index contributed by atoms with van der Waals surface area (Å²) >= 11 is 0. The van der Waals surface area contributed by atoms with E-state index in [1.165, 1.54) is 6.33 Å². The van der Waals surface area contributed by atoms with Gasteiger partial charge < -0.3 is 21.8 Å². The SMILES string of the molecule is CC1(C)C(N)CC1Nc1nc[nH]c(=O)c1N. The summed E-state index contributed by atoms with van der Waals surface area (Å²) in [5.74, 6) is 0.439. The molecule has 1 fully saturated rings. The maximum Gasteiger partial charge on any atom is 0.276 e. The van der Waals surface area contributed by atoms with Crippen LogP contribution in [0.3, 0.4) is 0 Å². The topological polar surface area (TPSA) is 110 Å². The van der Waals surface area contributed by atoms with Gasteiger partial charge in [-0.15, -0.1) is 0 Å². The molecule has 6 nitrogen and oxygen atoms in total. The summed E-state index contributed by atoms with van der Waals surface area (Å²) in [5, 5.41) is 3.17. The van der Waals surface area contributed by atoms with E-state index in [-0.39, 0.29) is 28.7 Å². The largest absolute Gasteiger partial charge is 0.391 e. The molecule has 0 amide bonds. The van der Waals surface area contributed by atoms with Crippen molar-refractivity contribution in [3.8, 4) is 0 Å². The highest BCUT2D eigenvalue weighted by Crippen LogP contribution is 2.40. The molecule has 0 spiro atoms. The van der Waals surface area contributed by atoms with Crippen LogP contribution in [0.5, 0.6) is 0 Å². The van der Waals surface area contributed by atoms with E-state index in [1.807, 2.05) is 0 Å². The Kier molecular flexibility index (Phi) is 2.38. The molecular weight excluding hydrogens is 206 g/mol. The number of nitrogen functional groups attached to an aromatic ring is 1. The van der Waals surface area contributed by atoms with Crippen LogP contribution in [0.15, 0.2) is 11.1 Å². The number of hydrogen-bond acceptors (Lipinski definition) is 5. The maximum absolute atomic E-state index is 11.3. The number of anilines is 2. The van der Waals surface area contributed by atoms with Crippen molar-refractivity contribution in [1.29, 1.82) is 0 Å². The van der Waals surface area contributed by atoms with Crippen LogP contribution in [0.4, 0.5) is 11.5 Å². The van der Waals surface area contributed by atoms with Crippen molar-refractivity contribution in [1.82, 2.24) is 9.97 Å². The fourth-order valence-electron chi connectivity index (χ4n) is 1.89. The number of H-pyrrole nitrogens is 1. The summed E-state index contributed by atoms with van der Waals surface area (Å²) in [6.07, 6.45) is 2.20. The number of aromatic amines is 1. The van der Waals surface area contributed by atoms with Gasteiger partial charge in [-0.05, 0) is 6.42 Å². The van der Waals surface area contributed by atoms with Crippen molar-refractivity contribution in [3.63, 3.8) is 0 Å². The summed E-state index contributed by atoms with van der Waals surface area (Å²) in [4.78, 5) is 17.7. The summed E-state index contributed by atoms with van der Waals surface area (Å²) < 4.78 is 0. The number of nitrogens with zero attached hydrogens (tertiary/aromatic N) is 1. The molecule has 1 saturated carbocycles. The first-order valence-corrected chi connectivity index (χ1v) is 5.28. The Hall–Kier alpha value is -1.56. The van der Waals surface area contributed by atoms with Crippen molar-refractivity contribution in [3.05, 3.63) is 16.7 Å². The van der Waals surface area contributed by atoms with Crippen molar-refractivity contribution in [2.45, 2.75) is 32.4 Å². The third kappa shape index (κ3) is 1.55. The van der Waals surface area contributed by atoms with Crippen LogP contribution in [0.25, 0.3) is 0 Å². The average molecular weight is 223 g/mol. The first kappa shape index (κ1) is 10.9. The van der Waals surface area contributed by atoms with Gasteiger partial charge in [0.25, 0.3) is 5.56 Å². The molecule has 88 valence electrons. The van der Waals surface area contributed by atoms with Gasteiger partial charge in [0, 0.05) is 17.5 Å². The third-order valence-corrected chi connectivity index (χ3v) is 3.54. The van der Waals surface area contributed by atoms with Crippen LogP contribution in [0.2, 0.25) is 0 Å². The van der Waals surface area contributed by atoms with Crippen molar-refractivity contribution >= 4 is 11.5 Å². The van der Waals surface area contributed by atoms with Crippen LogP contribution in [-0.4, -0.2) is 22.1 Å². The number of nitrogens with two attached hydrogens (primary N) is 2. The normalized spacial score (nSPS) is 27.2. The molecule has 0 saturated heterocycles. The Labute approximate surface area is 93.4 Å². The van der Waals surface area contributed by atoms with Crippen LogP contribution >= 0.6 is 0 Å². The number of rotatable bonds is 2. The zero-order valence-electron chi connectivity index (χ0n) is 9.45. The van der Waals surface area contributed by atoms with Crippen LogP contribution in [0.1, 0.15) is 20.3 Å². The van der Waals surface area contributed by atoms with Crippen molar-refractivity contribution in [2.75, 3.05) is 11.1 Å². The number of nitrogens with one attached hydrogen (secondary N) is 2. The minimum Gasteiger partial charge on any atom is -0.391 e. The Morgan fingerprint density at radius 3 is 2.88 bits per heavy atom. The van der Waals surface area contributed by atoms with Gasteiger partial charge in [0.15, 0.2) is 5.82 Å². The molecule has 1 aromatic rings. The molecule has 2 rings (SSSR count). The second-order valence-corrected chi connectivity index (χ2v) is 4.85. The van der Waals surface area contributed by atoms with E-state index in [0.717, 1.165) is 6.42 Å². The van der Waals surface area contributed by atoms with Crippen LogP contribution in [0, 0.1) is 5.41 Å². The minimum absolute atomic E-state index is 0.00325. The molecule has 0 bridgehead atoms. The Bertz CT molecular complexity index is 453. The second-order valence-electron chi connectivity index (χ2n) is 4.85. The summed E-state index contributed by atoms with van der Waals surface area (Å²) in [5.41, 5.74) is 11.3. The van der Waals surface area contributed by atoms with Gasteiger partial charge in [-0.1, -0.05) is 13.8 Å². The predicted octanol–water partition coefficient (Wildman–Crippen LogP) is -0.110. The Balaban J connectivity index is 2.17. The van der Waals surface area contributed by atoms with Gasteiger partial charge >= 0.3 is 0 Å². The molecule has 0 radical (unpaired) electrons. The van der Waals surface area contributed by atoms with Gasteiger partial charge in [0.05, 0.1) is 6.33 Å². The fraction of sp³-hybridized carbons (Fsp3) is 0.600. The monoisotopic (exact) mass is 223 g/mol. The molecule has 6 heteroatoms. The van der Waals surface area contributed by atoms with E-state index in [1.54, 1.807) is 0 Å². The highest BCUT2D eigenvalue weighted by molar-refractivity contribution is 5.59. The average Bonchev–Trinajstić information content (AvgIpc) is 2.24. The minimum atomic E-state index is -0.320. The number of aromatic nitrogens is 2. The lowest BCUT2D eigenvalue weighted by Crippen LogP contribution is -2.61. The van der Waals surface area contributed by atoms with Gasteiger partial charge in [0.2, 0.25) is 0 Å². The van der Waals surface area contributed by atoms with Crippen molar-refractivity contribution in [2.24, 2.45) is 11.1 Å². The van der Waals surface area contributed by atoms with Gasteiger partial charge in [-0.2, -0.15) is 0 Å². The molecule has 1 aromatic heterocycles. The zero-order valence-corrected chi connectivity index (χ0v) is 9.45. The smallest absolute Gasteiger partial charge is 0.276 e. The van der Waals surface area contributed by atoms with E-state index in [0.29, 0.717) is 5.82 Å². The Morgan fingerprint density at radius 1 is 1.62 bits per heavy atom. The summed E-state index contributed by atoms with van der Waals surface area (Å²) in [6, 6.07) is 0.382. The lowest BCUT2D eigenvalue weighted by Gasteiger charge is -2.50. The quantitative estimate of drug-likeness (QED) is 0.559. The number of hydrogen-bond donors (Lipinski definition) is 4. The first-order chi connectivity index (χ1) is 7.43. The van der Waals surface area contributed by atoms with Gasteiger partial charge in [-0.25, -0.2) is 4.98 Å². The van der Waals surface area contributed by atoms with Gasteiger partial charge in [-0.3, -0.25) is 4.79 Å². The third-order valence-electron chi connectivity index (χ3n) is 3.54. The van der Waals surface area contributed by atoms with E-state index < -0.39 is 0 Å². The summed E-state index contributed by atoms with van der Waals surface area (Å²) in [6.45, 7) is 4.17. The molecule has 16 heavy (non-hydrogen) atoms. The standard InChI is InChI=1S/C10H17N5O/c1-10(2)5(11)3-6(10)15-8-7(12)9(16)14-4-13-8/h4-6H,3,11-12H2,1-2H3,(H2,13,14,15,16). The predicted molar refractivity (Wildman–Crippen MR) is 63.1 cm³/mol. The maximum atomic E-state index is 11.3. The highest BCUT2D eigenvalue weighted by atomic mass is 16.1. The van der Waals surface area contributed by atoms with Crippen molar-refractivity contribution < 1.29 is 0 Å². The fourth-order valence-corrected chi connectivity index (χ4v) is 1.89. The molecule has 1 heterocycles. The van der Waals surface area contributed by atoms with Crippen LogP contribution in [-0.2, 0) is 0 Å². The molecule has 1 aliphatic carbocycles. The zero-order chi connectivity index (χ0) is 11.9. The highest BCUT2D eigenvalue weighted by Gasteiger charge is 2.46. The van der Waals surface area contributed by atoms with Gasteiger partial charge in [0.1, 0.15) is 5.69 Å². The molecule has 1 aliphatic rings. The molecule has 0 aromatic carbocycles. The second kappa shape index (κ2) is 3.48.